The first kappa shape index (κ1) is 15.2. The Morgan fingerprint density at radius 1 is 1.11 bits per heavy atom. The number of nitrogens with zero attached hydrogens (tertiary/aromatic N) is 2. The van der Waals surface area contributed by atoms with Crippen molar-refractivity contribution >= 4 is 0 Å². The second-order valence-corrected chi connectivity index (χ2v) is 5.43. The summed E-state index contributed by atoms with van der Waals surface area (Å²) in [4.78, 5) is 4.74. The molecule has 0 aromatic carbocycles. The quantitative estimate of drug-likeness (QED) is 0.538. The van der Waals surface area contributed by atoms with Crippen molar-refractivity contribution in [3.05, 3.63) is 0 Å². The van der Waals surface area contributed by atoms with E-state index < -0.39 is 0 Å². The van der Waals surface area contributed by atoms with E-state index in [2.05, 4.69) is 15.1 Å². The SMILES string of the molecule is OCC1CN(CCCN2CCOCC2)C(CO)CN1. The predicted molar refractivity (Wildman–Crippen MR) is 73.2 cm³/mol. The molecule has 2 fully saturated rings. The lowest BCUT2D eigenvalue weighted by Gasteiger charge is -2.39. The lowest BCUT2D eigenvalue weighted by atomic mass is 10.1. The van der Waals surface area contributed by atoms with Crippen molar-refractivity contribution in [1.82, 2.24) is 15.1 Å². The molecular formula is C13H27N3O3. The van der Waals surface area contributed by atoms with Crippen LogP contribution >= 0.6 is 0 Å². The Hall–Kier alpha value is -0.240. The zero-order chi connectivity index (χ0) is 13.5. The van der Waals surface area contributed by atoms with Gasteiger partial charge in [-0.3, -0.25) is 9.80 Å². The number of hydrogen-bond acceptors (Lipinski definition) is 6. The molecule has 2 unspecified atom stereocenters. The van der Waals surface area contributed by atoms with Crippen LogP contribution in [0, 0.1) is 0 Å². The molecule has 6 nitrogen and oxygen atoms in total. The van der Waals surface area contributed by atoms with Crippen LogP contribution < -0.4 is 5.32 Å². The smallest absolute Gasteiger partial charge is 0.0599 e. The molecule has 0 bridgehead atoms. The van der Waals surface area contributed by atoms with Gasteiger partial charge >= 0.3 is 0 Å². The van der Waals surface area contributed by atoms with Gasteiger partial charge < -0.3 is 20.3 Å². The molecule has 112 valence electrons. The van der Waals surface area contributed by atoms with Crippen molar-refractivity contribution < 1.29 is 14.9 Å². The van der Waals surface area contributed by atoms with E-state index in [0.717, 1.165) is 58.9 Å². The highest BCUT2D eigenvalue weighted by molar-refractivity contribution is 4.85. The summed E-state index contributed by atoms with van der Waals surface area (Å²) in [6, 6.07) is 0.332. The lowest BCUT2D eigenvalue weighted by molar-refractivity contribution is 0.0304. The van der Waals surface area contributed by atoms with E-state index in [4.69, 9.17) is 4.74 Å². The van der Waals surface area contributed by atoms with Crippen LogP contribution in [0.25, 0.3) is 0 Å². The second kappa shape index (κ2) is 8.14. The third-order valence-corrected chi connectivity index (χ3v) is 4.07. The van der Waals surface area contributed by atoms with Gasteiger partial charge in [-0.05, 0) is 19.5 Å². The average Bonchev–Trinajstić information content (AvgIpc) is 2.48. The van der Waals surface area contributed by atoms with Crippen LogP contribution in [0.4, 0.5) is 0 Å². The third kappa shape index (κ3) is 4.66. The molecule has 2 rings (SSSR count). The van der Waals surface area contributed by atoms with E-state index >= 15 is 0 Å². The lowest BCUT2D eigenvalue weighted by Crippen LogP contribution is -2.59. The fraction of sp³-hybridized carbons (Fsp3) is 1.00. The number of piperazine rings is 1. The van der Waals surface area contributed by atoms with Crippen molar-refractivity contribution in [3.8, 4) is 0 Å². The van der Waals surface area contributed by atoms with Crippen LogP contribution in [0.3, 0.4) is 0 Å². The number of aliphatic hydroxyl groups excluding tert-OH is 2. The first-order valence-electron chi connectivity index (χ1n) is 7.32. The summed E-state index contributed by atoms with van der Waals surface area (Å²) in [5.41, 5.74) is 0. The molecule has 0 spiro atoms. The van der Waals surface area contributed by atoms with Gasteiger partial charge in [0.15, 0.2) is 0 Å². The molecule has 0 saturated carbocycles. The van der Waals surface area contributed by atoms with Crippen molar-refractivity contribution in [2.24, 2.45) is 0 Å². The first-order valence-corrected chi connectivity index (χ1v) is 7.32. The molecule has 19 heavy (non-hydrogen) atoms. The highest BCUT2D eigenvalue weighted by atomic mass is 16.5. The highest BCUT2D eigenvalue weighted by Gasteiger charge is 2.26. The van der Waals surface area contributed by atoms with Gasteiger partial charge in [0, 0.05) is 38.3 Å². The van der Waals surface area contributed by atoms with Crippen molar-refractivity contribution in [1.29, 1.82) is 0 Å². The van der Waals surface area contributed by atoms with Gasteiger partial charge in [-0.2, -0.15) is 0 Å². The summed E-state index contributed by atoms with van der Waals surface area (Å²) in [6.45, 7) is 7.77. The highest BCUT2D eigenvalue weighted by Crippen LogP contribution is 2.08. The van der Waals surface area contributed by atoms with Gasteiger partial charge in [-0.25, -0.2) is 0 Å². The number of rotatable bonds is 6. The zero-order valence-corrected chi connectivity index (χ0v) is 11.6. The largest absolute Gasteiger partial charge is 0.395 e. The molecule has 2 aliphatic rings. The monoisotopic (exact) mass is 273 g/mol. The van der Waals surface area contributed by atoms with Crippen molar-refractivity contribution in [2.75, 3.05) is 65.7 Å². The Morgan fingerprint density at radius 3 is 2.58 bits per heavy atom. The third-order valence-electron chi connectivity index (χ3n) is 4.07. The molecule has 2 saturated heterocycles. The maximum atomic E-state index is 9.40. The summed E-state index contributed by atoms with van der Waals surface area (Å²) in [7, 11) is 0. The van der Waals surface area contributed by atoms with Gasteiger partial charge in [-0.1, -0.05) is 0 Å². The number of morpholine rings is 1. The number of nitrogens with one attached hydrogen (secondary N) is 1. The van der Waals surface area contributed by atoms with Gasteiger partial charge in [0.1, 0.15) is 0 Å². The normalized spacial score (nSPS) is 30.6. The van der Waals surface area contributed by atoms with Crippen LogP contribution in [0.5, 0.6) is 0 Å². The van der Waals surface area contributed by atoms with Gasteiger partial charge in [0.25, 0.3) is 0 Å². The summed E-state index contributed by atoms with van der Waals surface area (Å²) < 4.78 is 5.34. The predicted octanol–water partition coefficient (Wildman–Crippen LogP) is -1.66. The molecule has 0 aromatic rings. The van der Waals surface area contributed by atoms with E-state index in [-0.39, 0.29) is 25.3 Å². The van der Waals surface area contributed by atoms with E-state index in [1.165, 1.54) is 0 Å². The molecule has 0 amide bonds. The molecule has 2 aliphatic heterocycles. The Morgan fingerprint density at radius 2 is 1.89 bits per heavy atom. The minimum absolute atomic E-state index is 0.145. The summed E-state index contributed by atoms with van der Waals surface area (Å²) in [6.07, 6.45) is 1.11. The second-order valence-electron chi connectivity index (χ2n) is 5.43. The molecule has 2 heterocycles. The zero-order valence-electron chi connectivity index (χ0n) is 11.6. The Kier molecular flexibility index (Phi) is 6.49. The van der Waals surface area contributed by atoms with Gasteiger partial charge in [0.2, 0.25) is 0 Å². The topological polar surface area (TPSA) is 68.2 Å². The number of ether oxygens (including phenoxy) is 1. The fourth-order valence-electron chi connectivity index (χ4n) is 2.83. The molecule has 0 aromatic heterocycles. The minimum atomic E-state index is 0.145. The van der Waals surface area contributed by atoms with E-state index in [0.29, 0.717) is 0 Å². The molecule has 6 heteroatoms. The van der Waals surface area contributed by atoms with Crippen LogP contribution in [0.15, 0.2) is 0 Å². The Labute approximate surface area is 115 Å². The number of aliphatic hydroxyl groups is 2. The summed E-state index contributed by atoms with van der Waals surface area (Å²) in [5, 5.41) is 21.9. The molecule has 0 aliphatic carbocycles. The number of hydrogen-bond donors (Lipinski definition) is 3. The van der Waals surface area contributed by atoms with Gasteiger partial charge in [0.05, 0.1) is 26.4 Å². The van der Waals surface area contributed by atoms with Crippen LogP contribution in [0.2, 0.25) is 0 Å². The summed E-state index contributed by atoms with van der Waals surface area (Å²) in [5.74, 6) is 0. The van der Waals surface area contributed by atoms with Crippen molar-refractivity contribution in [2.45, 2.75) is 18.5 Å². The minimum Gasteiger partial charge on any atom is -0.395 e. The standard InChI is InChI=1S/C13H27N3O3/c17-10-12-9-16(13(11-18)8-14-12)3-1-2-15-4-6-19-7-5-15/h12-14,17-18H,1-11H2. The summed E-state index contributed by atoms with van der Waals surface area (Å²) >= 11 is 0. The van der Waals surface area contributed by atoms with Crippen LogP contribution in [-0.4, -0.2) is 97.8 Å². The van der Waals surface area contributed by atoms with Crippen LogP contribution in [0.1, 0.15) is 6.42 Å². The first-order chi connectivity index (χ1) is 9.33. The molecular weight excluding hydrogens is 246 g/mol. The fourth-order valence-corrected chi connectivity index (χ4v) is 2.83. The molecule has 2 atom stereocenters. The van der Waals surface area contributed by atoms with Crippen LogP contribution in [-0.2, 0) is 4.74 Å². The maximum absolute atomic E-state index is 9.40. The van der Waals surface area contributed by atoms with Gasteiger partial charge in [-0.15, -0.1) is 0 Å². The Balaban J connectivity index is 1.69. The molecule has 0 radical (unpaired) electrons. The Bertz CT molecular complexity index is 249. The average molecular weight is 273 g/mol. The van der Waals surface area contributed by atoms with Crippen molar-refractivity contribution in [3.63, 3.8) is 0 Å². The van der Waals surface area contributed by atoms with E-state index in [1.807, 2.05) is 0 Å². The van der Waals surface area contributed by atoms with E-state index in [9.17, 15) is 10.2 Å². The maximum Gasteiger partial charge on any atom is 0.0599 e. The van der Waals surface area contributed by atoms with E-state index in [1.54, 1.807) is 0 Å². The molecule has 3 N–H and O–H groups in total.